The first-order valence-corrected chi connectivity index (χ1v) is 8.86. The third-order valence-corrected chi connectivity index (χ3v) is 4.74. The number of amides is 2. The summed E-state index contributed by atoms with van der Waals surface area (Å²) in [6.07, 6.45) is 0. The fourth-order valence-corrected chi connectivity index (χ4v) is 2.78. The number of thiocarbonyl (C=S) groups is 1. The van der Waals surface area contributed by atoms with E-state index in [0.717, 1.165) is 11.1 Å². The molecule has 0 aliphatic rings. The van der Waals surface area contributed by atoms with Crippen LogP contribution in [0.1, 0.15) is 20.8 Å². The number of thiophene rings is 1. The highest BCUT2D eigenvalue weighted by molar-refractivity contribution is 7.80. The zero-order chi connectivity index (χ0) is 18.4. The van der Waals surface area contributed by atoms with Gasteiger partial charge < -0.3 is 4.74 Å². The van der Waals surface area contributed by atoms with Crippen molar-refractivity contribution in [3.63, 3.8) is 0 Å². The van der Waals surface area contributed by atoms with Crippen LogP contribution in [-0.2, 0) is 4.79 Å². The maximum Gasteiger partial charge on any atom is 0.276 e. The molecule has 132 valence electrons. The molecule has 1 heterocycles. The van der Waals surface area contributed by atoms with E-state index in [2.05, 4.69) is 16.2 Å². The smallest absolute Gasteiger partial charge is 0.276 e. The third kappa shape index (κ3) is 5.70. The van der Waals surface area contributed by atoms with Gasteiger partial charge in [0.1, 0.15) is 5.75 Å². The minimum atomic E-state index is -0.446. The Morgan fingerprint density at radius 2 is 1.92 bits per heavy atom. The standard InChI is InChI=1S/C16H16ClN3O3S2/c1-9-6-11(7-10(2)14(9)17)23-8-13(21)19-20-16(24)18-15(22)12-4-3-5-25-12/h3-7H,8H2,1-2H3,(H,19,21)(H2,18,20,22,24). The number of hydrazine groups is 1. The summed E-state index contributed by atoms with van der Waals surface area (Å²) in [6, 6.07) is 6.93. The minimum Gasteiger partial charge on any atom is -0.484 e. The van der Waals surface area contributed by atoms with Gasteiger partial charge in [0.05, 0.1) is 4.88 Å². The number of rotatable bonds is 4. The number of benzene rings is 1. The summed E-state index contributed by atoms with van der Waals surface area (Å²) in [4.78, 5) is 24.1. The Morgan fingerprint density at radius 3 is 2.52 bits per heavy atom. The normalized spacial score (nSPS) is 10.0. The zero-order valence-corrected chi connectivity index (χ0v) is 15.9. The van der Waals surface area contributed by atoms with Gasteiger partial charge in [0.15, 0.2) is 11.7 Å². The van der Waals surface area contributed by atoms with Crippen molar-refractivity contribution in [3.8, 4) is 5.75 Å². The van der Waals surface area contributed by atoms with Crippen LogP contribution in [0.25, 0.3) is 0 Å². The first kappa shape index (κ1) is 19.2. The molecule has 2 aromatic rings. The zero-order valence-electron chi connectivity index (χ0n) is 13.5. The number of halogens is 1. The monoisotopic (exact) mass is 397 g/mol. The Kier molecular flexibility index (Phi) is 6.74. The number of aryl methyl sites for hydroxylation is 2. The molecular weight excluding hydrogens is 382 g/mol. The van der Waals surface area contributed by atoms with Crippen molar-refractivity contribution in [3.05, 3.63) is 50.7 Å². The van der Waals surface area contributed by atoms with Gasteiger partial charge in [-0.05, 0) is 60.8 Å². The van der Waals surface area contributed by atoms with E-state index in [1.54, 1.807) is 29.6 Å². The summed E-state index contributed by atoms with van der Waals surface area (Å²) in [5, 5.41) is 4.90. The van der Waals surface area contributed by atoms with Crippen molar-refractivity contribution >= 4 is 52.1 Å². The van der Waals surface area contributed by atoms with Gasteiger partial charge in [-0.3, -0.25) is 25.8 Å². The summed E-state index contributed by atoms with van der Waals surface area (Å²) in [5.74, 6) is -0.244. The summed E-state index contributed by atoms with van der Waals surface area (Å²) < 4.78 is 5.42. The van der Waals surface area contributed by atoms with Crippen molar-refractivity contribution in [2.45, 2.75) is 13.8 Å². The summed E-state index contributed by atoms with van der Waals surface area (Å²) >= 11 is 12.3. The molecule has 0 aliphatic carbocycles. The maximum atomic E-state index is 11.8. The first-order chi connectivity index (χ1) is 11.9. The minimum absolute atomic E-state index is 0.00932. The molecule has 1 aromatic heterocycles. The lowest BCUT2D eigenvalue weighted by Crippen LogP contribution is -2.49. The van der Waals surface area contributed by atoms with E-state index in [-0.39, 0.29) is 17.6 Å². The summed E-state index contributed by atoms with van der Waals surface area (Å²) in [6.45, 7) is 3.51. The van der Waals surface area contributed by atoms with E-state index < -0.39 is 5.91 Å². The number of hydrogen-bond donors (Lipinski definition) is 3. The molecular formula is C16H16ClN3O3S2. The molecule has 0 saturated carbocycles. The van der Waals surface area contributed by atoms with E-state index in [1.165, 1.54) is 11.3 Å². The molecule has 1 aromatic carbocycles. The lowest BCUT2D eigenvalue weighted by Gasteiger charge is -2.12. The fourth-order valence-electron chi connectivity index (χ4n) is 1.90. The Bertz CT molecular complexity index is 771. The van der Waals surface area contributed by atoms with Crippen LogP contribution in [0.4, 0.5) is 0 Å². The molecule has 0 radical (unpaired) electrons. The molecule has 25 heavy (non-hydrogen) atoms. The Morgan fingerprint density at radius 1 is 1.24 bits per heavy atom. The lowest BCUT2D eigenvalue weighted by molar-refractivity contribution is -0.123. The number of ether oxygens (including phenoxy) is 1. The van der Waals surface area contributed by atoms with Crippen molar-refractivity contribution in [2.75, 3.05) is 6.61 Å². The van der Waals surface area contributed by atoms with Gasteiger partial charge in [0.2, 0.25) is 0 Å². The van der Waals surface area contributed by atoms with Crippen molar-refractivity contribution < 1.29 is 14.3 Å². The maximum absolute atomic E-state index is 11.8. The van der Waals surface area contributed by atoms with Crippen LogP contribution in [-0.4, -0.2) is 23.5 Å². The second-order valence-electron chi connectivity index (χ2n) is 5.09. The lowest BCUT2D eigenvalue weighted by atomic mass is 10.1. The number of nitrogens with one attached hydrogen (secondary N) is 3. The largest absolute Gasteiger partial charge is 0.484 e. The molecule has 6 nitrogen and oxygen atoms in total. The molecule has 0 spiro atoms. The van der Waals surface area contributed by atoms with Gasteiger partial charge in [-0.25, -0.2) is 0 Å². The first-order valence-electron chi connectivity index (χ1n) is 7.20. The SMILES string of the molecule is Cc1cc(OCC(=O)NNC(=S)NC(=O)c2cccs2)cc(C)c1Cl. The average Bonchev–Trinajstić information content (AvgIpc) is 3.10. The van der Waals surface area contributed by atoms with Crippen LogP contribution in [0.15, 0.2) is 29.6 Å². The highest BCUT2D eigenvalue weighted by atomic mass is 35.5. The van der Waals surface area contributed by atoms with E-state index >= 15 is 0 Å². The second kappa shape index (κ2) is 8.80. The second-order valence-corrected chi connectivity index (χ2v) is 6.83. The van der Waals surface area contributed by atoms with Gasteiger partial charge >= 0.3 is 0 Å². The molecule has 3 N–H and O–H groups in total. The topological polar surface area (TPSA) is 79.5 Å². The predicted molar refractivity (Wildman–Crippen MR) is 102 cm³/mol. The van der Waals surface area contributed by atoms with Crippen molar-refractivity contribution in [2.24, 2.45) is 0 Å². The van der Waals surface area contributed by atoms with E-state index in [4.69, 9.17) is 28.6 Å². The van der Waals surface area contributed by atoms with E-state index in [1.807, 2.05) is 13.8 Å². The highest BCUT2D eigenvalue weighted by Crippen LogP contribution is 2.25. The van der Waals surface area contributed by atoms with Crippen LogP contribution >= 0.6 is 35.2 Å². The van der Waals surface area contributed by atoms with Crippen molar-refractivity contribution in [1.82, 2.24) is 16.2 Å². The van der Waals surface area contributed by atoms with Crippen LogP contribution in [0, 0.1) is 13.8 Å². The van der Waals surface area contributed by atoms with Crippen LogP contribution in [0.2, 0.25) is 5.02 Å². The van der Waals surface area contributed by atoms with Gasteiger partial charge in [-0.15, -0.1) is 11.3 Å². The fraction of sp³-hybridized carbons (Fsp3) is 0.188. The molecule has 0 unspecified atom stereocenters. The molecule has 9 heteroatoms. The molecule has 0 bridgehead atoms. The van der Waals surface area contributed by atoms with Crippen LogP contribution in [0.5, 0.6) is 5.75 Å². The van der Waals surface area contributed by atoms with Gasteiger partial charge in [0.25, 0.3) is 11.8 Å². The van der Waals surface area contributed by atoms with Gasteiger partial charge in [0, 0.05) is 5.02 Å². The molecule has 2 rings (SSSR count). The van der Waals surface area contributed by atoms with E-state index in [9.17, 15) is 9.59 Å². The molecule has 0 atom stereocenters. The quantitative estimate of drug-likeness (QED) is 0.546. The predicted octanol–water partition coefficient (Wildman–Crippen LogP) is 2.73. The Hall–Kier alpha value is -2.16. The molecule has 0 aliphatic heterocycles. The Labute approximate surface area is 159 Å². The van der Waals surface area contributed by atoms with Gasteiger partial charge in [-0.2, -0.15) is 0 Å². The number of hydrogen-bond acceptors (Lipinski definition) is 5. The van der Waals surface area contributed by atoms with Gasteiger partial charge in [-0.1, -0.05) is 17.7 Å². The molecule has 0 fully saturated rings. The summed E-state index contributed by atoms with van der Waals surface area (Å²) in [7, 11) is 0. The highest BCUT2D eigenvalue weighted by Gasteiger charge is 2.10. The average molecular weight is 398 g/mol. The molecule has 2 amide bonds. The Balaban J connectivity index is 1.75. The van der Waals surface area contributed by atoms with Crippen LogP contribution < -0.4 is 20.9 Å². The summed E-state index contributed by atoms with van der Waals surface area (Å²) in [5.41, 5.74) is 6.53. The number of carbonyl (C=O) groups is 2. The van der Waals surface area contributed by atoms with E-state index in [0.29, 0.717) is 15.6 Å². The third-order valence-electron chi connectivity index (χ3n) is 3.07. The number of carbonyl (C=O) groups excluding carboxylic acids is 2. The van der Waals surface area contributed by atoms with Crippen LogP contribution in [0.3, 0.4) is 0 Å². The molecule has 0 saturated heterocycles. The van der Waals surface area contributed by atoms with Crippen molar-refractivity contribution in [1.29, 1.82) is 0 Å².